The molecule has 0 spiro atoms. The van der Waals surface area contributed by atoms with Crippen molar-refractivity contribution in [1.29, 1.82) is 0 Å². The number of hydrogen-bond donors (Lipinski definition) is 1. The normalized spacial score (nSPS) is 10.3. The van der Waals surface area contributed by atoms with Gasteiger partial charge >= 0.3 is 5.97 Å². The molecule has 0 saturated heterocycles. The van der Waals surface area contributed by atoms with E-state index in [2.05, 4.69) is 24.3 Å². The van der Waals surface area contributed by atoms with Gasteiger partial charge in [0.15, 0.2) is 0 Å². The van der Waals surface area contributed by atoms with Gasteiger partial charge in [0, 0.05) is 6.42 Å². The third-order valence-corrected chi connectivity index (χ3v) is 3.19. The summed E-state index contributed by atoms with van der Waals surface area (Å²) in [5, 5.41) is 8.64. The summed E-state index contributed by atoms with van der Waals surface area (Å²) in [6.07, 6.45) is 2.83. The molecule has 1 N–H and O–H groups in total. The Kier molecular flexibility index (Phi) is 4.73. The largest absolute Gasteiger partial charge is 0.481 e. The summed E-state index contributed by atoms with van der Waals surface area (Å²) in [5.41, 5.74) is 3.76. The first-order valence-corrected chi connectivity index (χ1v) is 6.62. The van der Waals surface area contributed by atoms with Crippen molar-refractivity contribution in [2.75, 3.05) is 0 Å². The summed E-state index contributed by atoms with van der Waals surface area (Å²) in [4.78, 5) is 10.5. The second-order valence-electron chi connectivity index (χ2n) is 4.62. The zero-order valence-corrected chi connectivity index (χ0v) is 10.9. The number of benzene rings is 2. The summed E-state index contributed by atoms with van der Waals surface area (Å²) in [7, 11) is 0. The molecule has 2 heteroatoms. The molecule has 2 rings (SSSR count). The van der Waals surface area contributed by atoms with Crippen LogP contribution in [-0.4, -0.2) is 11.1 Å². The zero-order valence-electron chi connectivity index (χ0n) is 10.9. The number of carboxylic acid groups (broad SMARTS) is 1. The van der Waals surface area contributed by atoms with E-state index in [1.165, 1.54) is 16.7 Å². The molecule has 0 saturated carbocycles. The van der Waals surface area contributed by atoms with Crippen LogP contribution in [0.1, 0.15) is 24.8 Å². The highest BCUT2D eigenvalue weighted by Crippen LogP contribution is 2.24. The lowest BCUT2D eigenvalue weighted by Crippen LogP contribution is -1.96. The zero-order chi connectivity index (χ0) is 13.5. The Morgan fingerprint density at radius 3 is 2.32 bits per heavy atom. The quantitative estimate of drug-likeness (QED) is 0.786. The third-order valence-electron chi connectivity index (χ3n) is 3.19. The SMILES string of the molecule is O=C(O)CCCCc1ccccc1-c1ccccc1. The van der Waals surface area contributed by atoms with Crippen molar-refractivity contribution in [1.82, 2.24) is 0 Å². The fourth-order valence-corrected chi connectivity index (χ4v) is 2.23. The van der Waals surface area contributed by atoms with Crippen molar-refractivity contribution in [2.45, 2.75) is 25.7 Å². The van der Waals surface area contributed by atoms with Gasteiger partial charge in [-0.05, 0) is 36.0 Å². The van der Waals surface area contributed by atoms with Gasteiger partial charge in [-0.3, -0.25) is 4.79 Å². The first kappa shape index (κ1) is 13.3. The van der Waals surface area contributed by atoms with E-state index in [1.807, 2.05) is 30.3 Å². The second-order valence-corrected chi connectivity index (χ2v) is 4.62. The number of carboxylic acids is 1. The van der Waals surface area contributed by atoms with Crippen LogP contribution in [0.25, 0.3) is 11.1 Å². The predicted octanol–water partition coefficient (Wildman–Crippen LogP) is 4.15. The minimum Gasteiger partial charge on any atom is -0.481 e. The first-order valence-electron chi connectivity index (χ1n) is 6.62. The van der Waals surface area contributed by atoms with Crippen molar-refractivity contribution >= 4 is 5.97 Å². The van der Waals surface area contributed by atoms with Crippen molar-refractivity contribution in [3.05, 3.63) is 60.2 Å². The predicted molar refractivity (Wildman–Crippen MR) is 77.1 cm³/mol. The standard InChI is InChI=1S/C17H18O2/c18-17(19)13-7-5-11-15-10-4-6-12-16(15)14-8-2-1-3-9-14/h1-4,6,8-10,12H,5,7,11,13H2,(H,18,19). The number of unbranched alkanes of at least 4 members (excludes halogenated alkanes) is 1. The Labute approximate surface area is 113 Å². The van der Waals surface area contributed by atoms with Gasteiger partial charge in [-0.25, -0.2) is 0 Å². The van der Waals surface area contributed by atoms with E-state index in [-0.39, 0.29) is 6.42 Å². The highest BCUT2D eigenvalue weighted by molar-refractivity contribution is 5.67. The van der Waals surface area contributed by atoms with Gasteiger partial charge in [0.05, 0.1) is 0 Å². The fraction of sp³-hybridized carbons (Fsp3) is 0.235. The lowest BCUT2D eigenvalue weighted by atomic mass is 9.96. The van der Waals surface area contributed by atoms with Crippen molar-refractivity contribution in [3.63, 3.8) is 0 Å². The average molecular weight is 254 g/mol. The summed E-state index contributed by atoms with van der Waals surface area (Å²) < 4.78 is 0. The molecule has 0 bridgehead atoms. The van der Waals surface area contributed by atoms with Crippen LogP contribution in [0.2, 0.25) is 0 Å². The van der Waals surface area contributed by atoms with Crippen molar-refractivity contribution in [2.24, 2.45) is 0 Å². The van der Waals surface area contributed by atoms with E-state index in [9.17, 15) is 4.79 Å². The maximum atomic E-state index is 10.5. The molecular formula is C17H18O2. The Balaban J connectivity index is 2.07. The molecule has 98 valence electrons. The molecule has 2 aromatic carbocycles. The fourth-order valence-electron chi connectivity index (χ4n) is 2.23. The van der Waals surface area contributed by atoms with Gasteiger partial charge in [-0.15, -0.1) is 0 Å². The third kappa shape index (κ3) is 3.95. The summed E-state index contributed by atoms with van der Waals surface area (Å²) in [5.74, 6) is -0.712. The highest BCUT2D eigenvalue weighted by Gasteiger charge is 2.04. The molecule has 19 heavy (non-hydrogen) atoms. The molecule has 0 unspecified atom stereocenters. The Hall–Kier alpha value is -2.09. The smallest absolute Gasteiger partial charge is 0.303 e. The number of aliphatic carboxylic acids is 1. The van der Waals surface area contributed by atoms with Gasteiger partial charge in [0.1, 0.15) is 0 Å². The van der Waals surface area contributed by atoms with Crippen LogP contribution in [0, 0.1) is 0 Å². The molecule has 2 aromatic rings. The van der Waals surface area contributed by atoms with Crippen molar-refractivity contribution < 1.29 is 9.90 Å². The van der Waals surface area contributed by atoms with Gasteiger partial charge < -0.3 is 5.11 Å². The average Bonchev–Trinajstić information content (AvgIpc) is 2.45. The molecule has 0 fully saturated rings. The van der Waals surface area contributed by atoms with Crippen LogP contribution in [0.5, 0.6) is 0 Å². The number of hydrogen-bond acceptors (Lipinski definition) is 1. The van der Waals surface area contributed by atoms with Crippen LogP contribution >= 0.6 is 0 Å². The monoisotopic (exact) mass is 254 g/mol. The van der Waals surface area contributed by atoms with Gasteiger partial charge in [-0.1, -0.05) is 54.6 Å². The van der Waals surface area contributed by atoms with E-state index in [0.717, 1.165) is 19.3 Å². The molecule has 0 aliphatic heterocycles. The summed E-state index contributed by atoms with van der Waals surface area (Å²) >= 11 is 0. The Morgan fingerprint density at radius 1 is 0.895 bits per heavy atom. The molecule has 0 aromatic heterocycles. The molecule has 2 nitrogen and oxygen atoms in total. The summed E-state index contributed by atoms with van der Waals surface area (Å²) in [6.45, 7) is 0. The van der Waals surface area contributed by atoms with E-state index >= 15 is 0 Å². The van der Waals surface area contributed by atoms with Crippen LogP contribution in [0.4, 0.5) is 0 Å². The van der Waals surface area contributed by atoms with E-state index in [4.69, 9.17) is 5.11 Å². The topological polar surface area (TPSA) is 37.3 Å². The summed E-state index contributed by atoms with van der Waals surface area (Å²) in [6, 6.07) is 18.6. The second kappa shape index (κ2) is 6.74. The minimum atomic E-state index is -0.712. The molecule has 0 amide bonds. The Morgan fingerprint density at radius 2 is 1.58 bits per heavy atom. The molecular weight excluding hydrogens is 236 g/mol. The number of aryl methyl sites for hydroxylation is 1. The Bertz CT molecular complexity index is 532. The highest BCUT2D eigenvalue weighted by atomic mass is 16.4. The molecule has 0 aliphatic carbocycles. The van der Waals surface area contributed by atoms with E-state index < -0.39 is 5.97 Å². The van der Waals surface area contributed by atoms with Gasteiger partial charge in [0.2, 0.25) is 0 Å². The maximum Gasteiger partial charge on any atom is 0.303 e. The molecule has 0 aliphatic rings. The van der Waals surface area contributed by atoms with E-state index in [1.54, 1.807) is 0 Å². The van der Waals surface area contributed by atoms with Crippen LogP contribution < -0.4 is 0 Å². The van der Waals surface area contributed by atoms with Crippen molar-refractivity contribution in [3.8, 4) is 11.1 Å². The lowest BCUT2D eigenvalue weighted by Gasteiger charge is -2.09. The van der Waals surface area contributed by atoms with Crippen LogP contribution in [0.3, 0.4) is 0 Å². The first-order chi connectivity index (χ1) is 9.27. The minimum absolute atomic E-state index is 0.257. The van der Waals surface area contributed by atoms with Gasteiger partial charge in [0.25, 0.3) is 0 Å². The van der Waals surface area contributed by atoms with Gasteiger partial charge in [-0.2, -0.15) is 0 Å². The number of rotatable bonds is 6. The molecule has 0 heterocycles. The van der Waals surface area contributed by atoms with Crippen LogP contribution in [-0.2, 0) is 11.2 Å². The lowest BCUT2D eigenvalue weighted by molar-refractivity contribution is -0.137. The number of carbonyl (C=O) groups is 1. The molecule has 0 atom stereocenters. The van der Waals surface area contributed by atoms with Crippen LogP contribution in [0.15, 0.2) is 54.6 Å². The maximum absolute atomic E-state index is 10.5. The van der Waals surface area contributed by atoms with E-state index in [0.29, 0.717) is 0 Å². The molecule has 0 radical (unpaired) electrons.